The summed E-state index contributed by atoms with van der Waals surface area (Å²) in [7, 11) is 0. The third-order valence-corrected chi connectivity index (χ3v) is 3.45. The van der Waals surface area contributed by atoms with Crippen molar-refractivity contribution in [3.05, 3.63) is 47.2 Å². The number of fused-ring (bicyclic) bond motifs is 1. The molecule has 0 atom stereocenters. The van der Waals surface area contributed by atoms with Gasteiger partial charge in [-0.05, 0) is 36.6 Å². The van der Waals surface area contributed by atoms with Crippen molar-refractivity contribution in [3.63, 3.8) is 0 Å². The van der Waals surface area contributed by atoms with Gasteiger partial charge in [0.1, 0.15) is 11.5 Å². The monoisotopic (exact) mass is 325 g/mol. The highest BCUT2D eigenvalue weighted by Gasteiger charge is 2.34. The number of amides is 1. The van der Waals surface area contributed by atoms with E-state index >= 15 is 0 Å². The van der Waals surface area contributed by atoms with Crippen LogP contribution in [0.3, 0.4) is 0 Å². The van der Waals surface area contributed by atoms with Gasteiger partial charge in [-0.25, -0.2) is 0 Å². The summed E-state index contributed by atoms with van der Waals surface area (Å²) < 4.78 is 5.64. The molecule has 0 saturated heterocycles. The van der Waals surface area contributed by atoms with Gasteiger partial charge in [0.15, 0.2) is 11.7 Å². The number of carbonyl (C=O) groups excluding carboxylic acids is 1. The zero-order valence-electron chi connectivity index (χ0n) is 13.9. The van der Waals surface area contributed by atoms with Crippen LogP contribution in [0.4, 0.5) is 0 Å². The normalized spacial score (nSPS) is 18.5. The average molecular weight is 325 g/mol. The third kappa shape index (κ3) is 3.22. The molecule has 1 aromatic carbocycles. The minimum absolute atomic E-state index is 0.0155. The molecule has 24 heavy (non-hydrogen) atoms. The SMILES string of the molecule is CC1=CC2=NC(=O)/C(=C/c3ccc(OCC(C)C)cc3)C(=N)N2O1. The molecule has 3 rings (SSSR count). The lowest BCUT2D eigenvalue weighted by molar-refractivity contribution is -0.114. The van der Waals surface area contributed by atoms with Crippen LogP contribution in [0, 0.1) is 11.3 Å². The second-order valence-electron chi connectivity index (χ2n) is 6.10. The van der Waals surface area contributed by atoms with Crippen molar-refractivity contribution in [3.8, 4) is 5.75 Å². The summed E-state index contributed by atoms with van der Waals surface area (Å²) in [5.41, 5.74) is 0.986. The number of nitrogens with one attached hydrogen (secondary N) is 1. The fraction of sp³-hybridized carbons (Fsp3) is 0.278. The van der Waals surface area contributed by atoms with E-state index in [2.05, 4.69) is 18.8 Å². The minimum atomic E-state index is -0.444. The van der Waals surface area contributed by atoms with Gasteiger partial charge in [-0.3, -0.25) is 10.2 Å². The maximum absolute atomic E-state index is 12.2. The van der Waals surface area contributed by atoms with Gasteiger partial charge in [0.25, 0.3) is 5.91 Å². The molecule has 0 radical (unpaired) electrons. The highest BCUT2D eigenvalue weighted by atomic mass is 16.7. The van der Waals surface area contributed by atoms with Crippen molar-refractivity contribution in [2.24, 2.45) is 10.9 Å². The lowest BCUT2D eigenvalue weighted by Crippen LogP contribution is -2.38. The third-order valence-electron chi connectivity index (χ3n) is 3.45. The molecule has 6 nitrogen and oxygen atoms in total. The molecule has 0 spiro atoms. The fourth-order valence-corrected chi connectivity index (χ4v) is 2.29. The summed E-state index contributed by atoms with van der Waals surface area (Å²) >= 11 is 0. The number of rotatable bonds is 4. The molecule has 6 heteroatoms. The maximum atomic E-state index is 12.2. The smallest absolute Gasteiger partial charge is 0.282 e. The summed E-state index contributed by atoms with van der Waals surface area (Å²) in [6.45, 7) is 6.58. The van der Waals surface area contributed by atoms with Crippen molar-refractivity contribution >= 4 is 23.7 Å². The van der Waals surface area contributed by atoms with Gasteiger partial charge in [0.2, 0.25) is 0 Å². The molecule has 0 saturated carbocycles. The molecule has 2 heterocycles. The van der Waals surface area contributed by atoms with Crippen LogP contribution < -0.4 is 4.74 Å². The van der Waals surface area contributed by atoms with E-state index in [9.17, 15) is 4.79 Å². The molecular weight excluding hydrogens is 306 g/mol. The first kappa shape index (κ1) is 16.0. The molecule has 0 aliphatic carbocycles. The van der Waals surface area contributed by atoms with E-state index in [1.165, 1.54) is 5.06 Å². The van der Waals surface area contributed by atoms with Crippen LogP contribution in [-0.2, 0) is 9.63 Å². The minimum Gasteiger partial charge on any atom is -0.493 e. The van der Waals surface area contributed by atoms with E-state index in [1.54, 1.807) is 19.1 Å². The number of amidine groups is 2. The van der Waals surface area contributed by atoms with E-state index < -0.39 is 5.91 Å². The van der Waals surface area contributed by atoms with Gasteiger partial charge in [-0.2, -0.15) is 4.99 Å². The van der Waals surface area contributed by atoms with Crippen LogP contribution in [0.25, 0.3) is 6.08 Å². The maximum Gasteiger partial charge on any atom is 0.282 e. The second-order valence-corrected chi connectivity index (χ2v) is 6.10. The average Bonchev–Trinajstić information content (AvgIpc) is 2.91. The Kier molecular flexibility index (Phi) is 4.20. The molecule has 0 unspecified atom stereocenters. The molecule has 1 amide bonds. The summed E-state index contributed by atoms with van der Waals surface area (Å²) in [6.07, 6.45) is 3.26. The van der Waals surface area contributed by atoms with Gasteiger partial charge in [-0.1, -0.05) is 26.0 Å². The number of nitrogens with zero attached hydrogens (tertiary/aromatic N) is 2. The Labute approximate surface area is 140 Å². The Balaban J connectivity index is 1.79. The first-order chi connectivity index (χ1) is 11.4. The van der Waals surface area contributed by atoms with Crippen LogP contribution in [-0.4, -0.2) is 29.2 Å². The predicted octanol–water partition coefficient (Wildman–Crippen LogP) is 3.17. The van der Waals surface area contributed by atoms with Crippen molar-refractivity contribution in [1.82, 2.24) is 5.06 Å². The van der Waals surface area contributed by atoms with Gasteiger partial charge in [0, 0.05) is 6.08 Å². The van der Waals surface area contributed by atoms with Gasteiger partial charge in [0.05, 0.1) is 12.2 Å². The molecule has 2 aliphatic heterocycles. The fourth-order valence-electron chi connectivity index (χ4n) is 2.29. The standard InChI is InChI=1S/C18H19N3O3/c1-11(2)10-23-14-6-4-13(5-7-14)9-15-17(19)21-16(20-18(15)22)8-12(3)24-21/h4-9,11,19H,10H2,1-3H3/b15-9+,19-17?. The Morgan fingerprint density at radius 3 is 2.71 bits per heavy atom. The van der Waals surface area contributed by atoms with Crippen LogP contribution in [0.15, 0.2) is 46.7 Å². The zero-order chi connectivity index (χ0) is 17.3. The summed E-state index contributed by atoms with van der Waals surface area (Å²) in [5.74, 6) is 1.71. The number of carbonyl (C=O) groups is 1. The quantitative estimate of drug-likeness (QED) is 0.863. The van der Waals surface area contributed by atoms with E-state index in [0.29, 0.717) is 24.1 Å². The topological polar surface area (TPSA) is 75.0 Å². The highest BCUT2D eigenvalue weighted by molar-refractivity contribution is 6.32. The summed E-state index contributed by atoms with van der Waals surface area (Å²) in [5, 5.41) is 9.42. The predicted molar refractivity (Wildman–Crippen MR) is 91.6 cm³/mol. The Bertz CT molecular complexity index is 773. The first-order valence-corrected chi connectivity index (χ1v) is 7.77. The van der Waals surface area contributed by atoms with E-state index in [-0.39, 0.29) is 11.4 Å². The van der Waals surface area contributed by atoms with Crippen molar-refractivity contribution in [2.45, 2.75) is 20.8 Å². The molecule has 0 bridgehead atoms. The highest BCUT2D eigenvalue weighted by Crippen LogP contribution is 2.24. The largest absolute Gasteiger partial charge is 0.493 e. The summed E-state index contributed by atoms with van der Waals surface area (Å²) in [4.78, 5) is 21.5. The van der Waals surface area contributed by atoms with E-state index in [4.69, 9.17) is 15.0 Å². The van der Waals surface area contributed by atoms with Gasteiger partial charge >= 0.3 is 0 Å². The van der Waals surface area contributed by atoms with Gasteiger partial charge in [-0.15, -0.1) is 5.06 Å². The number of hydrogen-bond acceptors (Lipinski definition) is 4. The molecule has 0 aromatic heterocycles. The van der Waals surface area contributed by atoms with Crippen molar-refractivity contribution in [1.29, 1.82) is 5.41 Å². The molecule has 1 N–H and O–H groups in total. The molecule has 0 fully saturated rings. The number of allylic oxidation sites excluding steroid dienone is 1. The Hall–Kier alpha value is -2.89. The van der Waals surface area contributed by atoms with Crippen molar-refractivity contribution < 1.29 is 14.4 Å². The molecule has 124 valence electrons. The molecular formula is C18H19N3O3. The summed E-state index contributed by atoms with van der Waals surface area (Å²) in [6, 6.07) is 7.38. The Morgan fingerprint density at radius 2 is 2.04 bits per heavy atom. The van der Waals surface area contributed by atoms with Crippen LogP contribution in [0.5, 0.6) is 5.75 Å². The molecule has 2 aliphatic rings. The molecule has 1 aromatic rings. The zero-order valence-corrected chi connectivity index (χ0v) is 13.9. The number of aliphatic imine (C=N–C) groups is 1. The number of hydrogen-bond donors (Lipinski definition) is 1. The second kappa shape index (κ2) is 6.31. The first-order valence-electron chi connectivity index (χ1n) is 7.77. The van der Waals surface area contributed by atoms with Crippen LogP contribution >= 0.6 is 0 Å². The van der Waals surface area contributed by atoms with E-state index in [1.807, 2.05) is 24.3 Å². The number of hydroxylamine groups is 2. The van der Waals surface area contributed by atoms with Crippen molar-refractivity contribution in [2.75, 3.05) is 6.61 Å². The van der Waals surface area contributed by atoms with Crippen LogP contribution in [0.1, 0.15) is 26.3 Å². The number of ether oxygens (including phenoxy) is 1. The van der Waals surface area contributed by atoms with Gasteiger partial charge < -0.3 is 9.57 Å². The lowest BCUT2D eigenvalue weighted by Gasteiger charge is -2.22. The number of benzene rings is 1. The Morgan fingerprint density at radius 1 is 1.33 bits per heavy atom. The lowest BCUT2D eigenvalue weighted by atomic mass is 10.1. The van der Waals surface area contributed by atoms with E-state index in [0.717, 1.165) is 11.3 Å². The van der Waals surface area contributed by atoms with Crippen LogP contribution in [0.2, 0.25) is 0 Å².